The molecule has 1 atom stereocenters. The molecule has 1 aliphatic rings. The molecule has 1 N–H and O–H groups in total. The molecule has 1 heterocycles. The molecule has 1 aliphatic heterocycles. The van der Waals surface area contributed by atoms with E-state index in [2.05, 4.69) is 5.32 Å². The van der Waals surface area contributed by atoms with Crippen LogP contribution in [0.3, 0.4) is 0 Å². The molecule has 102 valence electrons. The molecule has 4 nitrogen and oxygen atoms in total. The van der Waals surface area contributed by atoms with Crippen LogP contribution >= 0.6 is 0 Å². The minimum Gasteiger partial charge on any atom is -0.449 e. The first kappa shape index (κ1) is 12.5. The Morgan fingerprint density at radius 3 is 2.65 bits per heavy atom. The highest BCUT2D eigenvalue weighted by molar-refractivity contribution is 5.94. The molecule has 0 spiro atoms. The second-order valence-corrected chi connectivity index (χ2v) is 4.69. The van der Waals surface area contributed by atoms with Crippen LogP contribution in [0.2, 0.25) is 0 Å². The van der Waals surface area contributed by atoms with Gasteiger partial charge in [0.05, 0.1) is 6.54 Å². The summed E-state index contributed by atoms with van der Waals surface area (Å²) < 4.78 is 11.2. The van der Waals surface area contributed by atoms with Crippen LogP contribution in [-0.4, -0.2) is 18.7 Å². The number of nitrogens with one attached hydrogen (secondary N) is 1. The van der Waals surface area contributed by atoms with Gasteiger partial charge in [-0.05, 0) is 36.8 Å². The number of amides is 1. The van der Waals surface area contributed by atoms with Gasteiger partial charge in [0.15, 0.2) is 11.5 Å². The average molecular weight is 269 g/mol. The van der Waals surface area contributed by atoms with Crippen LogP contribution < -0.4 is 14.8 Å². The van der Waals surface area contributed by atoms with Crippen molar-refractivity contribution in [2.24, 2.45) is 0 Å². The van der Waals surface area contributed by atoms with Crippen molar-refractivity contribution in [3.05, 3.63) is 59.7 Å². The number of aryl methyl sites for hydroxylation is 1. The fourth-order valence-corrected chi connectivity index (χ4v) is 2.06. The Balaban J connectivity index is 1.58. The summed E-state index contributed by atoms with van der Waals surface area (Å²) in [4.78, 5) is 11.9. The standard InChI is InChI=1S/C16H15NO3/c1-11-7-8-13-14(9-11)20-15(19-13)10-17-16(18)12-5-3-2-4-6-12/h2-9,15H,10H2,1H3,(H,17,18). The van der Waals surface area contributed by atoms with E-state index in [0.29, 0.717) is 12.1 Å². The molecule has 0 saturated carbocycles. The van der Waals surface area contributed by atoms with E-state index in [4.69, 9.17) is 9.47 Å². The van der Waals surface area contributed by atoms with E-state index in [0.717, 1.165) is 17.1 Å². The van der Waals surface area contributed by atoms with Crippen molar-refractivity contribution in [1.82, 2.24) is 5.32 Å². The van der Waals surface area contributed by atoms with Crippen molar-refractivity contribution >= 4 is 5.91 Å². The maximum absolute atomic E-state index is 11.9. The van der Waals surface area contributed by atoms with Gasteiger partial charge in [0, 0.05) is 5.56 Å². The Labute approximate surface area is 117 Å². The van der Waals surface area contributed by atoms with E-state index in [1.165, 1.54) is 0 Å². The minimum absolute atomic E-state index is 0.134. The van der Waals surface area contributed by atoms with Gasteiger partial charge in [0.25, 0.3) is 12.2 Å². The Bertz CT molecular complexity index is 625. The quantitative estimate of drug-likeness (QED) is 0.931. The molecule has 4 heteroatoms. The lowest BCUT2D eigenvalue weighted by Gasteiger charge is -2.11. The number of hydrogen-bond donors (Lipinski definition) is 1. The number of fused-ring (bicyclic) bond motifs is 1. The van der Waals surface area contributed by atoms with Crippen LogP contribution in [0.5, 0.6) is 11.5 Å². The third-order valence-electron chi connectivity index (χ3n) is 3.08. The molecule has 0 radical (unpaired) electrons. The summed E-state index contributed by atoms with van der Waals surface area (Å²) in [7, 11) is 0. The number of carbonyl (C=O) groups is 1. The minimum atomic E-state index is -0.473. The van der Waals surface area contributed by atoms with Crippen molar-refractivity contribution in [2.45, 2.75) is 13.2 Å². The molecule has 0 saturated heterocycles. The van der Waals surface area contributed by atoms with E-state index in [1.807, 2.05) is 43.3 Å². The number of ether oxygens (including phenoxy) is 2. The zero-order chi connectivity index (χ0) is 13.9. The van der Waals surface area contributed by atoms with Crippen LogP contribution in [0.4, 0.5) is 0 Å². The average Bonchev–Trinajstić information content (AvgIpc) is 2.87. The number of carbonyl (C=O) groups excluding carboxylic acids is 1. The monoisotopic (exact) mass is 269 g/mol. The summed E-state index contributed by atoms with van der Waals surface area (Å²) in [5.74, 6) is 1.31. The van der Waals surface area contributed by atoms with Gasteiger partial charge in [-0.2, -0.15) is 0 Å². The maximum atomic E-state index is 11.9. The normalized spacial score (nSPS) is 15.9. The third-order valence-corrected chi connectivity index (χ3v) is 3.08. The maximum Gasteiger partial charge on any atom is 0.258 e. The molecule has 2 aromatic rings. The Kier molecular flexibility index (Phi) is 3.29. The first-order valence-electron chi connectivity index (χ1n) is 6.49. The molecule has 20 heavy (non-hydrogen) atoms. The van der Waals surface area contributed by atoms with Crippen molar-refractivity contribution < 1.29 is 14.3 Å². The zero-order valence-electron chi connectivity index (χ0n) is 11.1. The summed E-state index contributed by atoms with van der Waals surface area (Å²) in [6.07, 6.45) is -0.473. The molecule has 0 aliphatic carbocycles. The zero-order valence-corrected chi connectivity index (χ0v) is 11.1. The molecule has 2 aromatic carbocycles. The third kappa shape index (κ3) is 2.59. The van der Waals surface area contributed by atoms with Gasteiger partial charge in [0.1, 0.15) is 0 Å². The van der Waals surface area contributed by atoms with Gasteiger partial charge in [-0.25, -0.2) is 0 Å². The Morgan fingerprint density at radius 1 is 1.10 bits per heavy atom. The predicted octanol–water partition coefficient (Wildman–Crippen LogP) is 2.52. The van der Waals surface area contributed by atoms with Crippen molar-refractivity contribution in [2.75, 3.05) is 6.54 Å². The van der Waals surface area contributed by atoms with Crippen molar-refractivity contribution in [1.29, 1.82) is 0 Å². The van der Waals surface area contributed by atoms with Crippen LogP contribution in [0.1, 0.15) is 15.9 Å². The summed E-state index contributed by atoms with van der Waals surface area (Å²) in [6.45, 7) is 2.30. The first-order valence-corrected chi connectivity index (χ1v) is 6.49. The van der Waals surface area contributed by atoms with Gasteiger partial charge >= 0.3 is 0 Å². The highest BCUT2D eigenvalue weighted by Gasteiger charge is 2.24. The van der Waals surface area contributed by atoms with Crippen LogP contribution in [0.25, 0.3) is 0 Å². The van der Waals surface area contributed by atoms with E-state index < -0.39 is 6.29 Å². The second-order valence-electron chi connectivity index (χ2n) is 4.69. The van der Waals surface area contributed by atoms with Gasteiger partial charge in [0.2, 0.25) is 0 Å². The summed E-state index contributed by atoms with van der Waals surface area (Å²) in [5, 5.41) is 2.80. The molecular formula is C16H15NO3. The topological polar surface area (TPSA) is 47.6 Å². The van der Waals surface area contributed by atoms with E-state index in [9.17, 15) is 4.79 Å². The molecule has 3 rings (SSSR count). The number of hydrogen-bond acceptors (Lipinski definition) is 3. The molecular weight excluding hydrogens is 254 g/mol. The van der Waals surface area contributed by atoms with Gasteiger partial charge in [-0.3, -0.25) is 4.79 Å². The summed E-state index contributed by atoms with van der Waals surface area (Å²) in [6, 6.07) is 14.8. The molecule has 0 aromatic heterocycles. The molecule has 0 bridgehead atoms. The Morgan fingerprint density at radius 2 is 1.85 bits per heavy atom. The fourth-order valence-electron chi connectivity index (χ4n) is 2.06. The van der Waals surface area contributed by atoms with Crippen molar-refractivity contribution in [3.63, 3.8) is 0 Å². The fraction of sp³-hybridized carbons (Fsp3) is 0.188. The molecule has 0 fully saturated rings. The van der Waals surface area contributed by atoms with Gasteiger partial charge in [-0.1, -0.05) is 24.3 Å². The smallest absolute Gasteiger partial charge is 0.258 e. The van der Waals surface area contributed by atoms with Crippen LogP contribution in [-0.2, 0) is 0 Å². The van der Waals surface area contributed by atoms with Gasteiger partial charge in [-0.15, -0.1) is 0 Å². The number of rotatable bonds is 3. The van der Waals surface area contributed by atoms with E-state index >= 15 is 0 Å². The second kappa shape index (κ2) is 5.25. The van der Waals surface area contributed by atoms with E-state index in [1.54, 1.807) is 12.1 Å². The van der Waals surface area contributed by atoms with Crippen LogP contribution in [0, 0.1) is 6.92 Å². The lowest BCUT2D eigenvalue weighted by atomic mass is 10.2. The highest BCUT2D eigenvalue weighted by atomic mass is 16.7. The lowest BCUT2D eigenvalue weighted by Crippen LogP contribution is -2.36. The van der Waals surface area contributed by atoms with E-state index in [-0.39, 0.29) is 5.91 Å². The predicted molar refractivity (Wildman–Crippen MR) is 75.0 cm³/mol. The molecule has 1 unspecified atom stereocenters. The number of benzene rings is 2. The highest BCUT2D eigenvalue weighted by Crippen LogP contribution is 2.34. The van der Waals surface area contributed by atoms with Crippen molar-refractivity contribution in [3.8, 4) is 11.5 Å². The van der Waals surface area contributed by atoms with Gasteiger partial charge < -0.3 is 14.8 Å². The molecule has 1 amide bonds. The summed E-state index contributed by atoms with van der Waals surface area (Å²) >= 11 is 0. The Hall–Kier alpha value is -2.49. The first-order chi connectivity index (χ1) is 9.72. The summed E-state index contributed by atoms with van der Waals surface area (Å²) in [5.41, 5.74) is 1.74. The van der Waals surface area contributed by atoms with Crippen LogP contribution in [0.15, 0.2) is 48.5 Å². The SMILES string of the molecule is Cc1ccc2c(c1)OC(CNC(=O)c1ccccc1)O2. The largest absolute Gasteiger partial charge is 0.449 e. The lowest BCUT2D eigenvalue weighted by molar-refractivity contribution is 0.0471.